The molecule has 13 heavy (non-hydrogen) atoms. The van der Waals surface area contributed by atoms with Gasteiger partial charge in [0.2, 0.25) is 0 Å². The fourth-order valence-corrected chi connectivity index (χ4v) is 1.36. The number of hydrogen-bond donors (Lipinski definition) is 2. The minimum atomic E-state index is -0.257. The second kappa shape index (κ2) is 3.57. The van der Waals surface area contributed by atoms with Crippen LogP contribution < -0.4 is 10.1 Å². The van der Waals surface area contributed by atoms with Crippen molar-refractivity contribution in [3.05, 3.63) is 12.4 Å². The van der Waals surface area contributed by atoms with Crippen LogP contribution in [0.25, 0.3) is 0 Å². The second-order valence-corrected chi connectivity index (χ2v) is 2.96. The Kier molecular flexibility index (Phi) is 2.27. The molecule has 1 aromatic rings. The number of nitrogens with one attached hydrogen (secondary N) is 2. The Morgan fingerprint density at radius 2 is 2.62 bits per heavy atom. The van der Waals surface area contributed by atoms with Crippen LogP contribution in [0.3, 0.4) is 0 Å². The Bertz CT molecular complexity index is 278. The van der Waals surface area contributed by atoms with Gasteiger partial charge in [-0.2, -0.15) is 0 Å². The van der Waals surface area contributed by atoms with Crippen LogP contribution >= 0.6 is 0 Å². The first kappa shape index (κ1) is 8.25. The largest absolute Gasteiger partial charge is 0.391 e. The molecule has 0 saturated carbocycles. The smallest absolute Gasteiger partial charge is 0.330 e. The maximum atomic E-state index is 11.4. The zero-order chi connectivity index (χ0) is 9.10. The van der Waals surface area contributed by atoms with Crippen LogP contribution in [0, 0.1) is 0 Å². The maximum Gasteiger partial charge on any atom is 0.330 e. The summed E-state index contributed by atoms with van der Waals surface area (Å²) in [5.41, 5.74) is 0. The minimum Gasteiger partial charge on any atom is -0.391 e. The molecule has 0 amide bonds. The summed E-state index contributed by atoms with van der Waals surface area (Å²) < 4.78 is 4.97. The van der Waals surface area contributed by atoms with Gasteiger partial charge >= 0.3 is 12.0 Å². The molecule has 1 aliphatic heterocycles. The van der Waals surface area contributed by atoms with Gasteiger partial charge in [0.25, 0.3) is 0 Å². The van der Waals surface area contributed by atoms with Gasteiger partial charge in [-0.1, -0.05) is 0 Å². The van der Waals surface area contributed by atoms with Crippen molar-refractivity contribution in [2.24, 2.45) is 0 Å². The van der Waals surface area contributed by atoms with Gasteiger partial charge in [-0.05, 0) is 19.4 Å². The van der Waals surface area contributed by atoms with E-state index in [-0.39, 0.29) is 18.0 Å². The summed E-state index contributed by atoms with van der Waals surface area (Å²) in [7, 11) is 0. The van der Waals surface area contributed by atoms with E-state index in [0.717, 1.165) is 19.4 Å². The zero-order valence-electron chi connectivity index (χ0n) is 7.12. The van der Waals surface area contributed by atoms with Crippen molar-refractivity contribution in [1.82, 2.24) is 15.3 Å². The fourth-order valence-electron chi connectivity index (χ4n) is 1.36. The van der Waals surface area contributed by atoms with Crippen molar-refractivity contribution in [2.75, 3.05) is 6.54 Å². The van der Waals surface area contributed by atoms with E-state index >= 15 is 0 Å². The summed E-state index contributed by atoms with van der Waals surface area (Å²) in [6, 6.07) is 0.101. The fraction of sp³-hybridized carbons (Fsp3) is 0.500. The highest BCUT2D eigenvalue weighted by Gasteiger charge is 2.24. The Morgan fingerprint density at radius 1 is 1.69 bits per heavy atom. The molecule has 5 heteroatoms. The minimum absolute atomic E-state index is 0.162. The predicted molar refractivity (Wildman–Crippen MR) is 45.2 cm³/mol. The van der Waals surface area contributed by atoms with Crippen LogP contribution in [0.1, 0.15) is 12.8 Å². The number of esters is 1. The number of carbonyl (C=O) groups excluding carboxylic acids is 1. The average Bonchev–Trinajstić information content (AvgIpc) is 2.74. The average molecular weight is 181 g/mol. The summed E-state index contributed by atoms with van der Waals surface area (Å²) in [6.45, 7) is 0.887. The third kappa shape index (κ3) is 1.86. The predicted octanol–water partition coefficient (Wildman–Crippen LogP) is 0.0671. The molecule has 1 saturated heterocycles. The van der Waals surface area contributed by atoms with E-state index in [1.54, 1.807) is 12.4 Å². The van der Waals surface area contributed by atoms with Crippen LogP contribution in [0.2, 0.25) is 0 Å². The Balaban J connectivity index is 1.91. The standard InChI is InChI=1S/C8H11N3O2/c12-7(6-2-1-3-9-6)13-8-10-4-5-11-8/h4-6,9H,1-3H2,(H,10,11)/t6-/m0/s1. The van der Waals surface area contributed by atoms with Gasteiger partial charge in [0.1, 0.15) is 6.04 Å². The molecule has 1 atom stereocenters. The summed E-state index contributed by atoms with van der Waals surface area (Å²) in [5.74, 6) is -0.257. The van der Waals surface area contributed by atoms with E-state index in [0.29, 0.717) is 0 Å². The van der Waals surface area contributed by atoms with E-state index in [1.165, 1.54) is 0 Å². The number of imidazole rings is 1. The quantitative estimate of drug-likeness (QED) is 0.633. The van der Waals surface area contributed by atoms with E-state index in [4.69, 9.17) is 4.74 Å². The van der Waals surface area contributed by atoms with E-state index in [2.05, 4.69) is 15.3 Å². The van der Waals surface area contributed by atoms with Gasteiger partial charge in [-0.15, -0.1) is 0 Å². The van der Waals surface area contributed by atoms with Gasteiger partial charge in [-0.3, -0.25) is 0 Å². The number of hydrogen-bond acceptors (Lipinski definition) is 4. The summed E-state index contributed by atoms with van der Waals surface area (Å²) in [5, 5.41) is 3.05. The lowest BCUT2D eigenvalue weighted by atomic mass is 10.2. The van der Waals surface area contributed by atoms with Crippen LogP contribution in [-0.2, 0) is 4.79 Å². The number of nitrogens with zero attached hydrogens (tertiary/aromatic N) is 1. The molecular formula is C8H11N3O2. The first-order chi connectivity index (χ1) is 6.36. The van der Waals surface area contributed by atoms with Crippen LogP contribution in [0.5, 0.6) is 6.01 Å². The SMILES string of the molecule is O=C(Oc1ncc[nH]1)[C@@H]1CCCN1. The topological polar surface area (TPSA) is 67.0 Å². The first-order valence-electron chi connectivity index (χ1n) is 4.31. The molecule has 1 aromatic heterocycles. The number of aromatic nitrogens is 2. The molecule has 2 heterocycles. The highest BCUT2D eigenvalue weighted by Crippen LogP contribution is 2.08. The molecular weight excluding hydrogens is 170 g/mol. The molecule has 2 rings (SSSR count). The first-order valence-corrected chi connectivity index (χ1v) is 4.31. The zero-order valence-corrected chi connectivity index (χ0v) is 7.12. The summed E-state index contributed by atoms with van der Waals surface area (Å²) in [6.07, 6.45) is 5.03. The monoisotopic (exact) mass is 181 g/mol. The van der Waals surface area contributed by atoms with Crippen molar-refractivity contribution >= 4 is 5.97 Å². The number of rotatable bonds is 2. The molecule has 0 unspecified atom stereocenters. The molecule has 5 nitrogen and oxygen atoms in total. The molecule has 0 radical (unpaired) electrons. The van der Waals surface area contributed by atoms with Crippen molar-refractivity contribution in [2.45, 2.75) is 18.9 Å². The number of carbonyl (C=O) groups is 1. The third-order valence-corrected chi connectivity index (χ3v) is 2.02. The highest BCUT2D eigenvalue weighted by atomic mass is 16.5. The van der Waals surface area contributed by atoms with Gasteiger partial charge in [0.15, 0.2) is 0 Å². The molecule has 2 N–H and O–H groups in total. The van der Waals surface area contributed by atoms with Crippen molar-refractivity contribution in [1.29, 1.82) is 0 Å². The Morgan fingerprint density at radius 3 is 3.23 bits per heavy atom. The number of aromatic amines is 1. The van der Waals surface area contributed by atoms with E-state index in [1.807, 2.05) is 0 Å². The Labute approximate surface area is 75.5 Å². The molecule has 0 aromatic carbocycles. The Hall–Kier alpha value is -1.36. The van der Waals surface area contributed by atoms with Gasteiger partial charge in [0.05, 0.1) is 0 Å². The highest BCUT2D eigenvalue weighted by molar-refractivity contribution is 5.77. The lowest BCUT2D eigenvalue weighted by molar-refractivity contribution is -0.136. The van der Waals surface area contributed by atoms with Crippen LogP contribution in [-0.4, -0.2) is 28.5 Å². The molecule has 0 bridgehead atoms. The molecule has 1 fully saturated rings. The second-order valence-electron chi connectivity index (χ2n) is 2.96. The molecule has 70 valence electrons. The van der Waals surface area contributed by atoms with Crippen molar-refractivity contribution in [3.63, 3.8) is 0 Å². The molecule has 0 spiro atoms. The lowest BCUT2D eigenvalue weighted by Gasteiger charge is -2.06. The van der Waals surface area contributed by atoms with Crippen molar-refractivity contribution < 1.29 is 9.53 Å². The van der Waals surface area contributed by atoms with E-state index in [9.17, 15) is 4.79 Å². The van der Waals surface area contributed by atoms with Crippen molar-refractivity contribution in [3.8, 4) is 6.01 Å². The van der Waals surface area contributed by atoms with Gasteiger partial charge in [-0.25, -0.2) is 9.78 Å². The molecule has 1 aliphatic rings. The number of ether oxygens (including phenoxy) is 1. The maximum absolute atomic E-state index is 11.4. The lowest BCUT2D eigenvalue weighted by Crippen LogP contribution is -2.34. The van der Waals surface area contributed by atoms with Crippen LogP contribution in [0.15, 0.2) is 12.4 Å². The van der Waals surface area contributed by atoms with Crippen LogP contribution in [0.4, 0.5) is 0 Å². The normalized spacial score (nSPS) is 21.7. The molecule has 0 aliphatic carbocycles. The van der Waals surface area contributed by atoms with E-state index < -0.39 is 0 Å². The summed E-state index contributed by atoms with van der Waals surface area (Å²) >= 11 is 0. The van der Waals surface area contributed by atoms with Gasteiger partial charge < -0.3 is 15.0 Å². The van der Waals surface area contributed by atoms with Gasteiger partial charge in [0, 0.05) is 12.4 Å². The summed E-state index contributed by atoms with van der Waals surface area (Å²) in [4.78, 5) is 17.9. The number of H-pyrrole nitrogens is 1. The third-order valence-electron chi connectivity index (χ3n) is 2.02.